The topological polar surface area (TPSA) is 53.6 Å². The Balaban J connectivity index is 1.57. The third-order valence-electron chi connectivity index (χ3n) is 3.84. The molecule has 22 heavy (non-hydrogen) atoms. The average molecular weight is 326 g/mol. The standard InChI is InChI=1S/C16H24ClN3O2/c1-2-20-10-7-14(8-11-20)19-16(21)18-9-12-22-15-5-3-13(17)4-6-15/h3-6,14H,2,7-12H2,1H3,(H2,18,19,21). The summed E-state index contributed by atoms with van der Waals surface area (Å²) in [6.07, 6.45) is 2.03. The molecule has 1 aromatic rings. The first-order valence-corrected chi connectivity index (χ1v) is 8.20. The Bertz CT molecular complexity index is 459. The fourth-order valence-corrected chi connectivity index (χ4v) is 2.62. The summed E-state index contributed by atoms with van der Waals surface area (Å²) < 4.78 is 5.52. The molecule has 0 spiro atoms. The predicted octanol–water partition coefficient (Wildman–Crippen LogP) is 2.50. The molecule has 2 amide bonds. The van der Waals surface area contributed by atoms with E-state index >= 15 is 0 Å². The SMILES string of the molecule is CCN1CCC(NC(=O)NCCOc2ccc(Cl)cc2)CC1. The van der Waals surface area contributed by atoms with Gasteiger partial charge in [-0.25, -0.2) is 4.79 Å². The summed E-state index contributed by atoms with van der Waals surface area (Å²) in [6.45, 7) is 6.27. The highest BCUT2D eigenvalue weighted by Crippen LogP contribution is 2.15. The maximum Gasteiger partial charge on any atom is 0.315 e. The van der Waals surface area contributed by atoms with Crippen LogP contribution in [0.15, 0.2) is 24.3 Å². The lowest BCUT2D eigenvalue weighted by Gasteiger charge is -2.31. The van der Waals surface area contributed by atoms with Gasteiger partial charge in [-0.2, -0.15) is 0 Å². The van der Waals surface area contributed by atoms with E-state index in [2.05, 4.69) is 22.5 Å². The molecule has 0 unspecified atom stereocenters. The van der Waals surface area contributed by atoms with Crippen LogP contribution in [0.1, 0.15) is 19.8 Å². The van der Waals surface area contributed by atoms with Crippen LogP contribution >= 0.6 is 11.6 Å². The molecule has 0 aliphatic carbocycles. The zero-order chi connectivity index (χ0) is 15.8. The third-order valence-corrected chi connectivity index (χ3v) is 4.09. The highest BCUT2D eigenvalue weighted by Gasteiger charge is 2.19. The quantitative estimate of drug-likeness (QED) is 0.790. The number of halogens is 1. The van der Waals surface area contributed by atoms with Crippen LogP contribution in [0.2, 0.25) is 5.02 Å². The minimum atomic E-state index is -0.116. The lowest BCUT2D eigenvalue weighted by Crippen LogP contribution is -2.48. The van der Waals surface area contributed by atoms with E-state index in [-0.39, 0.29) is 12.1 Å². The third kappa shape index (κ3) is 5.73. The molecule has 6 heteroatoms. The molecule has 1 aromatic carbocycles. The van der Waals surface area contributed by atoms with Crippen LogP contribution in [0.4, 0.5) is 4.79 Å². The number of hydrogen-bond donors (Lipinski definition) is 2. The van der Waals surface area contributed by atoms with Gasteiger partial charge in [-0.3, -0.25) is 0 Å². The van der Waals surface area contributed by atoms with Crippen LogP contribution in [0.5, 0.6) is 5.75 Å². The van der Waals surface area contributed by atoms with Crippen molar-refractivity contribution in [3.8, 4) is 5.75 Å². The van der Waals surface area contributed by atoms with Crippen molar-refractivity contribution in [3.63, 3.8) is 0 Å². The molecule has 2 rings (SSSR count). The monoisotopic (exact) mass is 325 g/mol. The van der Waals surface area contributed by atoms with E-state index in [4.69, 9.17) is 16.3 Å². The minimum Gasteiger partial charge on any atom is -0.492 e. The van der Waals surface area contributed by atoms with E-state index in [0.717, 1.165) is 38.2 Å². The van der Waals surface area contributed by atoms with Crippen molar-refractivity contribution in [2.75, 3.05) is 32.8 Å². The van der Waals surface area contributed by atoms with Crippen molar-refractivity contribution >= 4 is 17.6 Å². The molecular weight excluding hydrogens is 302 g/mol. The van der Waals surface area contributed by atoms with Gasteiger partial charge in [-0.05, 0) is 43.7 Å². The molecule has 1 heterocycles. The number of carbonyl (C=O) groups excluding carboxylic acids is 1. The van der Waals surface area contributed by atoms with Crippen molar-refractivity contribution < 1.29 is 9.53 Å². The molecule has 5 nitrogen and oxygen atoms in total. The highest BCUT2D eigenvalue weighted by molar-refractivity contribution is 6.30. The lowest BCUT2D eigenvalue weighted by molar-refractivity contribution is 0.197. The zero-order valence-electron chi connectivity index (χ0n) is 13.0. The molecule has 1 aliphatic rings. The zero-order valence-corrected chi connectivity index (χ0v) is 13.7. The predicted molar refractivity (Wildman–Crippen MR) is 88.6 cm³/mol. The van der Waals surface area contributed by atoms with Crippen molar-refractivity contribution in [1.29, 1.82) is 0 Å². The molecule has 1 fully saturated rings. The summed E-state index contributed by atoms with van der Waals surface area (Å²) in [7, 11) is 0. The summed E-state index contributed by atoms with van der Waals surface area (Å²) in [5.74, 6) is 0.749. The number of nitrogens with zero attached hydrogens (tertiary/aromatic N) is 1. The second kappa shape index (κ2) is 8.86. The number of urea groups is 1. The van der Waals surface area contributed by atoms with Crippen LogP contribution in [0.25, 0.3) is 0 Å². The largest absolute Gasteiger partial charge is 0.492 e. The summed E-state index contributed by atoms with van der Waals surface area (Å²) in [6, 6.07) is 7.34. The summed E-state index contributed by atoms with van der Waals surface area (Å²) in [5, 5.41) is 6.52. The van der Waals surface area contributed by atoms with Gasteiger partial charge in [0.1, 0.15) is 12.4 Å². The van der Waals surface area contributed by atoms with E-state index in [9.17, 15) is 4.79 Å². The Labute approximate surface area is 137 Å². The molecule has 0 saturated carbocycles. The van der Waals surface area contributed by atoms with Gasteiger partial charge in [0.25, 0.3) is 0 Å². The van der Waals surface area contributed by atoms with Gasteiger partial charge in [0.15, 0.2) is 0 Å². The summed E-state index contributed by atoms with van der Waals surface area (Å²) >= 11 is 5.80. The Kier molecular flexibility index (Phi) is 6.80. The second-order valence-electron chi connectivity index (χ2n) is 5.41. The van der Waals surface area contributed by atoms with Gasteiger partial charge in [0.2, 0.25) is 0 Å². The van der Waals surface area contributed by atoms with Crippen molar-refractivity contribution in [2.45, 2.75) is 25.8 Å². The number of hydrogen-bond acceptors (Lipinski definition) is 3. The molecule has 122 valence electrons. The van der Waals surface area contributed by atoms with Gasteiger partial charge >= 0.3 is 6.03 Å². The second-order valence-corrected chi connectivity index (χ2v) is 5.85. The van der Waals surface area contributed by atoms with E-state index in [1.165, 1.54) is 0 Å². The first kappa shape index (κ1) is 16.9. The van der Waals surface area contributed by atoms with Crippen LogP contribution < -0.4 is 15.4 Å². The number of nitrogens with one attached hydrogen (secondary N) is 2. The Morgan fingerprint density at radius 3 is 2.64 bits per heavy atom. The number of likely N-dealkylation sites (tertiary alicyclic amines) is 1. The van der Waals surface area contributed by atoms with Gasteiger partial charge in [-0.15, -0.1) is 0 Å². The fourth-order valence-electron chi connectivity index (χ4n) is 2.49. The van der Waals surface area contributed by atoms with Gasteiger partial charge in [-0.1, -0.05) is 18.5 Å². The van der Waals surface area contributed by atoms with Crippen LogP contribution in [-0.4, -0.2) is 49.8 Å². The van der Waals surface area contributed by atoms with Gasteiger partial charge < -0.3 is 20.3 Å². The van der Waals surface area contributed by atoms with Crippen LogP contribution in [-0.2, 0) is 0 Å². The van der Waals surface area contributed by atoms with E-state index in [1.807, 2.05) is 12.1 Å². The normalized spacial score (nSPS) is 16.3. The van der Waals surface area contributed by atoms with Gasteiger partial charge in [0, 0.05) is 24.2 Å². The van der Waals surface area contributed by atoms with E-state index in [1.54, 1.807) is 12.1 Å². The number of benzene rings is 1. The first-order valence-electron chi connectivity index (χ1n) is 7.82. The van der Waals surface area contributed by atoms with Crippen molar-refractivity contribution in [2.24, 2.45) is 0 Å². The number of carbonyl (C=O) groups is 1. The number of ether oxygens (including phenoxy) is 1. The average Bonchev–Trinajstić information content (AvgIpc) is 2.54. The fraction of sp³-hybridized carbons (Fsp3) is 0.562. The minimum absolute atomic E-state index is 0.116. The Morgan fingerprint density at radius 1 is 1.32 bits per heavy atom. The Morgan fingerprint density at radius 2 is 2.00 bits per heavy atom. The molecule has 1 saturated heterocycles. The smallest absolute Gasteiger partial charge is 0.315 e. The summed E-state index contributed by atoms with van der Waals surface area (Å²) in [5.41, 5.74) is 0. The number of amides is 2. The van der Waals surface area contributed by atoms with Gasteiger partial charge in [0.05, 0.1) is 6.54 Å². The van der Waals surface area contributed by atoms with Crippen LogP contribution in [0, 0.1) is 0 Å². The summed E-state index contributed by atoms with van der Waals surface area (Å²) in [4.78, 5) is 14.2. The first-order chi connectivity index (χ1) is 10.7. The molecule has 2 N–H and O–H groups in total. The van der Waals surface area contributed by atoms with Crippen molar-refractivity contribution in [3.05, 3.63) is 29.3 Å². The Hall–Kier alpha value is -1.46. The van der Waals surface area contributed by atoms with Crippen LogP contribution in [0.3, 0.4) is 0 Å². The van der Waals surface area contributed by atoms with Crippen molar-refractivity contribution in [1.82, 2.24) is 15.5 Å². The molecule has 0 radical (unpaired) electrons. The number of rotatable bonds is 6. The van der Waals surface area contributed by atoms with E-state index < -0.39 is 0 Å². The molecule has 1 aliphatic heterocycles. The molecule has 0 bridgehead atoms. The highest BCUT2D eigenvalue weighted by atomic mass is 35.5. The maximum absolute atomic E-state index is 11.8. The number of piperidine rings is 1. The van der Waals surface area contributed by atoms with E-state index in [0.29, 0.717) is 18.2 Å². The molecular formula is C16H24ClN3O2. The molecule has 0 aromatic heterocycles. The lowest BCUT2D eigenvalue weighted by atomic mass is 10.1. The molecule has 0 atom stereocenters. The maximum atomic E-state index is 11.8.